The van der Waals surface area contributed by atoms with Gasteiger partial charge in [0, 0.05) is 25.6 Å². The highest BCUT2D eigenvalue weighted by atomic mass is 16.5. The number of methoxy groups -OCH3 is 2. The van der Waals surface area contributed by atoms with Crippen LogP contribution in [-0.4, -0.2) is 67.4 Å². The van der Waals surface area contributed by atoms with Crippen molar-refractivity contribution < 1.29 is 28.6 Å². The molecule has 11 nitrogen and oxygen atoms in total. The second-order valence-corrected chi connectivity index (χ2v) is 9.60. The fourth-order valence-electron chi connectivity index (χ4n) is 3.90. The van der Waals surface area contributed by atoms with E-state index in [4.69, 9.17) is 15.2 Å². The standard InChI is InChI=1S/C21H29N5O4.C5H10O2/c1-4-24-21-19(20(22)28)18(25-26(21)14-5-6-23-12-14)10-15(27)7-13-8-16(29-2)11-17(9-13)30-3;1-5(2,3)7-4-6/h8-9,11,14,23-24H,4-7,10,12H2,1-3H3,(H2,22,28);4H,1-3H3/t14-;/m0./s1. The van der Waals surface area contributed by atoms with Crippen molar-refractivity contribution in [2.24, 2.45) is 5.73 Å². The maximum atomic E-state index is 12.8. The molecule has 0 saturated carbocycles. The van der Waals surface area contributed by atoms with E-state index in [1.165, 1.54) is 0 Å². The number of hydrogen-bond donors (Lipinski definition) is 3. The average Bonchev–Trinajstić information content (AvgIpc) is 3.47. The lowest BCUT2D eigenvalue weighted by Gasteiger charge is -2.14. The molecule has 1 amide bonds. The van der Waals surface area contributed by atoms with E-state index in [1.54, 1.807) is 37.1 Å². The summed E-state index contributed by atoms with van der Waals surface area (Å²) in [6.45, 7) is 10.1. The fourth-order valence-corrected chi connectivity index (χ4v) is 3.90. The Kier molecular flexibility index (Phi) is 10.9. The molecule has 1 aliphatic rings. The van der Waals surface area contributed by atoms with Gasteiger partial charge in [0.1, 0.15) is 34.3 Å². The van der Waals surface area contributed by atoms with Gasteiger partial charge < -0.3 is 30.6 Å². The van der Waals surface area contributed by atoms with Crippen molar-refractivity contribution in [2.75, 3.05) is 39.2 Å². The van der Waals surface area contributed by atoms with E-state index in [2.05, 4.69) is 20.5 Å². The van der Waals surface area contributed by atoms with Gasteiger partial charge in [-0.2, -0.15) is 5.10 Å². The predicted octanol–water partition coefficient (Wildman–Crippen LogP) is 2.28. The van der Waals surface area contributed by atoms with Gasteiger partial charge in [-0.15, -0.1) is 0 Å². The van der Waals surface area contributed by atoms with E-state index in [0.717, 1.165) is 25.1 Å². The van der Waals surface area contributed by atoms with E-state index >= 15 is 0 Å². The van der Waals surface area contributed by atoms with Crippen molar-refractivity contribution in [2.45, 2.75) is 58.6 Å². The Morgan fingerprint density at radius 1 is 1.19 bits per heavy atom. The second-order valence-electron chi connectivity index (χ2n) is 9.60. The molecule has 1 saturated heterocycles. The van der Waals surface area contributed by atoms with Gasteiger partial charge in [0.25, 0.3) is 12.4 Å². The Morgan fingerprint density at radius 2 is 1.84 bits per heavy atom. The Labute approximate surface area is 218 Å². The van der Waals surface area contributed by atoms with Crippen molar-refractivity contribution in [1.29, 1.82) is 0 Å². The molecule has 0 unspecified atom stereocenters. The lowest BCUT2D eigenvalue weighted by atomic mass is 10.0. The lowest BCUT2D eigenvalue weighted by Crippen LogP contribution is -2.19. The number of ether oxygens (including phenoxy) is 3. The van der Waals surface area contributed by atoms with Gasteiger partial charge in [0.2, 0.25) is 0 Å². The molecule has 4 N–H and O–H groups in total. The number of nitrogens with zero attached hydrogens (tertiary/aromatic N) is 2. The van der Waals surface area contributed by atoms with Crippen molar-refractivity contribution in [3.63, 3.8) is 0 Å². The van der Waals surface area contributed by atoms with Crippen LogP contribution in [0.3, 0.4) is 0 Å². The highest BCUT2D eigenvalue weighted by Crippen LogP contribution is 2.28. The average molecular weight is 518 g/mol. The quantitative estimate of drug-likeness (QED) is 0.382. The number of nitrogens with one attached hydrogen (secondary N) is 2. The third-order valence-corrected chi connectivity index (χ3v) is 5.53. The number of carbonyl (C=O) groups excluding carboxylic acids is 3. The molecule has 0 radical (unpaired) electrons. The van der Waals surface area contributed by atoms with Gasteiger partial charge in [0.05, 0.1) is 32.4 Å². The first-order valence-electron chi connectivity index (χ1n) is 12.2. The van der Waals surface area contributed by atoms with Gasteiger partial charge in [-0.05, 0) is 58.4 Å². The van der Waals surface area contributed by atoms with Gasteiger partial charge in [-0.3, -0.25) is 14.4 Å². The van der Waals surface area contributed by atoms with Gasteiger partial charge in [-0.25, -0.2) is 4.68 Å². The number of rotatable bonds is 11. The molecule has 3 rings (SSSR count). The molecular formula is C26H39N5O6. The van der Waals surface area contributed by atoms with Gasteiger partial charge in [0.15, 0.2) is 0 Å². The lowest BCUT2D eigenvalue weighted by molar-refractivity contribution is -0.138. The summed E-state index contributed by atoms with van der Waals surface area (Å²) < 4.78 is 16.9. The number of carbonyl (C=O) groups is 3. The van der Waals surface area contributed by atoms with Crippen LogP contribution in [-0.2, 0) is 27.2 Å². The van der Waals surface area contributed by atoms with Crippen molar-refractivity contribution in [3.05, 3.63) is 35.0 Å². The number of Topliss-reactive ketones (excluding diaryl/α,β-unsaturated/α-hetero) is 1. The molecule has 1 aromatic carbocycles. The molecule has 2 heterocycles. The largest absolute Gasteiger partial charge is 0.497 e. The third kappa shape index (κ3) is 8.78. The molecule has 11 heteroatoms. The SMILES string of the molecule is CC(C)(C)OC=O.CCNc1c(C(N)=O)c(CC(=O)Cc2cc(OC)cc(OC)c2)nn1[C@H]1CCNC1. The van der Waals surface area contributed by atoms with Crippen molar-refractivity contribution in [3.8, 4) is 11.5 Å². The first kappa shape index (κ1) is 29.6. The molecule has 0 spiro atoms. The second kappa shape index (κ2) is 13.6. The number of hydrogen-bond acceptors (Lipinski definition) is 9. The maximum Gasteiger partial charge on any atom is 0.293 e. The number of anilines is 1. The Hall–Kier alpha value is -3.60. The van der Waals surface area contributed by atoms with Crippen LogP contribution in [0, 0.1) is 0 Å². The minimum Gasteiger partial charge on any atom is -0.497 e. The van der Waals surface area contributed by atoms with Crippen LogP contribution in [0.2, 0.25) is 0 Å². The third-order valence-electron chi connectivity index (χ3n) is 5.53. The van der Waals surface area contributed by atoms with E-state index in [9.17, 15) is 14.4 Å². The summed E-state index contributed by atoms with van der Waals surface area (Å²) in [6.07, 6.45) is 1.08. The Morgan fingerprint density at radius 3 is 2.27 bits per heavy atom. The summed E-state index contributed by atoms with van der Waals surface area (Å²) in [5.74, 6) is 1.15. The summed E-state index contributed by atoms with van der Waals surface area (Å²) in [6, 6.07) is 5.45. The van der Waals surface area contributed by atoms with Gasteiger partial charge in [-0.1, -0.05) is 0 Å². The van der Waals surface area contributed by atoms with E-state index in [1.807, 2.05) is 27.7 Å². The van der Waals surface area contributed by atoms with E-state index in [-0.39, 0.29) is 30.3 Å². The molecule has 1 fully saturated rings. The van der Waals surface area contributed by atoms with Crippen LogP contribution < -0.4 is 25.8 Å². The zero-order chi connectivity index (χ0) is 27.6. The summed E-state index contributed by atoms with van der Waals surface area (Å²) in [5, 5.41) is 11.1. The summed E-state index contributed by atoms with van der Waals surface area (Å²) in [5.41, 5.74) is 6.82. The zero-order valence-electron chi connectivity index (χ0n) is 22.6. The first-order chi connectivity index (χ1) is 17.5. The highest BCUT2D eigenvalue weighted by Gasteiger charge is 2.28. The molecule has 204 valence electrons. The topological polar surface area (TPSA) is 147 Å². The Balaban J connectivity index is 0.000000604. The molecule has 1 atom stereocenters. The molecule has 1 aliphatic heterocycles. The zero-order valence-corrected chi connectivity index (χ0v) is 22.6. The van der Waals surface area contributed by atoms with Crippen LogP contribution in [0.1, 0.15) is 61.8 Å². The number of primary amides is 1. The minimum absolute atomic E-state index is 0.0172. The molecule has 0 aliphatic carbocycles. The number of benzene rings is 1. The predicted molar refractivity (Wildman–Crippen MR) is 140 cm³/mol. The van der Waals surface area contributed by atoms with Crippen LogP contribution >= 0.6 is 0 Å². The smallest absolute Gasteiger partial charge is 0.293 e. The normalized spacial score (nSPS) is 14.8. The maximum absolute atomic E-state index is 12.8. The minimum atomic E-state index is -0.589. The van der Waals surface area contributed by atoms with Crippen LogP contribution in [0.15, 0.2) is 18.2 Å². The summed E-state index contributed by atoms with van der Waals surface area (Å²) in [7, 11) is 3.12. The fraction of sp³-hybridized carbons (Fsp3) is 0.538. The molecule has 1 aromatic heterocycles. The number of aromatic nitrogens is 2. The Bertz CT molecular complexity index is 1050. The number of amides is 1. The van der Waals surface area contributed by atoms with Gasteiger partial charge >= 0.3 is 0 Å². The van der Waals surface area contributed by atoms with Crippen molar-refractivity contribution >= 4 is 24.0 Å². The molecule has 2 aromatic rings. The van der Waals surface area contributed by atoms with Crippen LogP contribution in [0.5, 0.6) is 11.5 Å². The number of ketones is 1. The first-order valence-corrected chi connectivity index (χ1v) is 12.2. The summed E-state index contributed by atoms with van der Waals surface area (Å²) in [4.78, 5) is 34.7. The van der Waals surface area contributed by atoms with E-state index < -0.39 is 5.91 Å². The molecular weight excluding hydrogens is 478 g/mol. The highest BCUT2D eigenvalue weighted by molar-refractivity contribution is 6.00. The van der Waals surface area contributed by atoms with E-state index in [0.29, 0.717) is 41.6 Å². The molecule has 37 heavy (non-hydrogen) atoms. The van der Waals surface area contributed by atoms with Crippen LogP contribution in [0.25, 0.3) is 0 Å². The summed E-state index contributed by atoms with van der Waals surface area (Å²) >= 11 is 0. The number of nitrogens with two attached hydrogens (primary N) is 1. The monoisotopic (exact) mass is 517 g/mol. The van der Waals surface area contributed by atoms with Crippen LogP contribution in [0.4, 0.5) is 5.82 Å². The molecule has 0 bridgehead atoms. The van der Waals surface area contributed by atoms with Crippen molar-refractivity contribution in [1.82, 2.24) is 15.1 Å².